The molecule has 1 aromatic rings. The zero-order chi connectivity index (χ0) is 39.1. The van der Waals surface area contributed by atoms with Gasteiger partial charge in [0.05, 0.1) is 31.6 Å². The number of hydrogen-bond donors (Lipinski definition) is 3. The van der Waals surface area contributed by atoms with Gasteiger partial charge in [-0.1, -0.05) is 31.1 Å². The first-order valence-corrected chi connectivity index (χ1v) is 20.9. The number of alkyl carbamates (subject to hydrolysis) is 1. The number of carbonyl (C=O) groups is 5. The molecule has 2 aliphatic carbocycles. The zero-order valence-electron chi connectivity index (χ0n) is 31.6. The minimum absolute atomic E-state index is 0.0891. The van der Waals surface area contributed by atoms with Gasteiger partial charge in [0.1, 0.15) is 29.3 Å². The monoisotopic (exact) mass is 785 g/mol. The maximum atomic E-state index is 14.4. The minimum atomic E-state index is -3.91. The molecule has 5 amide bonds. The molecular weight excluding hydrogens is 735 g/mol. The summed E-state index contributed by atoms with van der Waals surface area (Å²) in [5, 5.41) is 4.88. The van der Waals surface area contributed by atoms with Crippen molar-refractivity contribution in [3.05, 3.63) is 35.4 Å². The molecule has 3 N–H and O–H groups in total. The maximum Gasteiger partial charge on any atom is 0.410 e. The van der Waals surface area contributed by atoms with E-state index in [1.54, 1.807) is 20.8 Å². The third kappa shape index (κ3) is 8.65. The van der Waals surface area contributed by atoms with E-state index in [2.05, 4.69) is 15.4 Å². The third-order valence-corrected chi connectivity index (χ3v) is 12.7. The Hall–Kier alpha value is -4.54. The van der Waals surface area contributed by atoms with Gasteiger partial charge in [-0.05, 0) is 70.9 Å². The number of carbonyl (C=O) groups excluding carboxylic acids is 5. The fraction of sp³-hybridized carbons (Fsp3) is 0.658. The topological polar surface area (TPSA) is 199 Å². The molecular formula is C38H51N5O11S. The molecule has 16 nitrogen and oxygen atoms in total. The van der Waals surface area contributed by atoms with Crippen molar-refractivity contribution in [2.75, 3.05) is 19.8 Å². The van der Waals surface area contributed by atoms with Crippen LogP contribution >= 0.6 is 0 Å². The Labute approximate surface area is 321 Å². The molecule has 55 heavy (non-hydrogen) atoms. The molecule has 0 radical (unpaired) electrons. The van der Waals surface area contributed by atoms with Crippen LogP contribution in [0.3, 0.4) is 0 Å². The smallest absolute Gasteiger partial charge is 0.410 e. The number of amides is 5. The number of ether oxygens (including phenoxy) is 4. The van der Waals surface area contributed by atoms with E-state index in [1.165, 1.54) is 9.80 Å². The van der Waals surface area contributed by atoms with E-state index < -0.39 is 80.4 Å². The van der Waals surface area contributed by atoms with Crippen molar-refractivity contribution >= 4 is 39.9 Å². The number of nitrogens with zero attached hydrogens (tertiary/aromatic N) is 2. The summed E-state index contributed by atoms with van der Waals surface area (Å²) < 4.78 is 51.1. The summed E-state index contributed by atoms with van der Waals surface area (Å²) in [6.45, 7) is 6.48. The highest BCUT2D eigenvalue weighted by Gasteiger charge is 2.62. The predicted octanol–water partition coefficient (Wildman–Crippen LogP) is 3.17. The Morgan fingerprint density at radius 1 is 1.00 bits per heavy atom. The Bertz CT molecular complexity index is 1860. The van der Waals surface area contributed by atoms with Crippen molar-refractivity contribution in [1.82, 2.24) is 25.2 Å². The predicted molar refractivity (Wildman–Crippen MR) is 196 cm³/mol. The Morgan fingerprint density at radius 3 is 2.55 bits per heavy atom. The second-order valence-corrected chi connectivity index (χ2v) is 18.4. The molecule has 6 aliphatic rings. The SMILES string of the molecule is CC(C)(C)OC(=O)N[C@H]1CCCCC/C=C\[C@@H]2C[C@@]2(C(=O)NS(=O)(=O)C2CC2)NC(=O)[C@@H]2C[C@@H](OC(=O)N3Cc4ccc5c(c4C3)OCCCO5)CN2C1=O. The van der Waals surface area contributed by atoms with E-state index >= 15 is 0 Å². The number of allylic oxidation sites excluding steroid dienone is 1. The second kappa shape index (κ2) is 15.2. The van der Waals surface area contributed by atoms with Gasteiger partial charge in [0.2, 0.25) is 21.8 Å². The molecule has 5 atom stereocenters. The van der Waals surface area contributed by atoms with Gasteiger partial charge in [-0.3, -0.25) is 24.0 Å². The molecule has 4 aliphatic heterocycles. The average Bonchev–Trinajstić information content (AvgIpc) is 4.02. The normalized spacial score (nSPS) is 28.9. The standard InChI is InChI=1S/C38H51N5O11S/c1-37(2,3)54-35(47)39-28-11-8-6-4-5-7-10-24-19-38(24,34(46)41-55(49,50)26-13-14-26)40-32(44)29-18-25(21-43(29)33(28)45)53-36(48)42-20-23-12-15-30-31(27(23)22-42)52-17-9-16-51-30/h7,10,12,15,24-26,28-29H,4-6,8-9,11,13-14,16-22H2,1-3H3,(H,39,47)(H,40,44)(H,41,46)/b10-7-/t24-,25-,28+,29+,38-/m1/s1. The van der Waals surface area contributed by atoms with Crippen LogP contribution in [0.25, 0.3) is 0 Å². The number of benzene rings is 1. The lowest BCUT2D eigenvalue weighted by Gasteiger charge is -2.30. The van der Waals surface area contributed by atoms with Gasteiger partial charge < -0.3 is 34.5 Å². The van der Waals surface area contributed by atoms with Gasteiger partial charge in [0, 0.05) is 30.9 Å². The number of sulfonamides is 1. The molecule has 1 aromatic carbocycles. The molecule has 17 heteroatoms. The summed E-state index contributed by atoms with van der Waals surface area (Å²) >= 11 is 0. The van der Waals surface area contributed by atoms with Crippen molar-refractivity contribution in [2.24, 2.45) is 5.92 Å². The quantitative estimate of drug-likeness (QED) is 0.371. The first-order valence-electron chi connectivity index (χ1n) is 19.3. The fourth-order valence-corrected chi connectivity index (χ4v) is 9.12. The van der Waals surface area contributed by atoms with Gasteiger partial charge in [-0.15, -0.1) is 0 Å². The zero-order valence-corrected chi connectivity index (χ0v) is 32.4. The molecule has 2 saturated carbocycles. The first-order chi connectivity index (χ1) is 26.1. The summed E-state index contributed by atoms with van der Waals surface area (Å²) in [7, 11) is -3.91. The molecule has 7 rings (SSSR count). The summed E-state index contributed by atoms with van der Waals surface area (Å²) in [6, 6.07) is 1.47. The van der Waals surface area contributed by atoms with Gasteiger partial charge in [0.25, 0.3) is 5.91 Å². The van der Waals surface area contributed by atoms with Crippen LogP contribution in [0.4, 0.5) is 9.59 Å². The largest absolute Gasteiger partial charge is 0.490 e. The molecule has 0 unspecified atom stereocenters. The third-order valence-electron chi connectivity index (χ3n) is 10.9. The number of hydrogen-bond acceptors (Lipinski definition) is 11. The second-order valence-electron chi connectivity index (χ2n) is 16.4. The molecule has 4 heterocycles. The van der Waals surface area contributed by atoms with Crippen molar-refractivity contribution in [3.63, 3.8) is 0 Å². The molecule has 0 bridgehead atoms. The number of rotatable bonds is 5. The van der Waals surface area contributed by atoms with Crippen LogP contribution in [-0.2, 0) is 47.0 Å². The Balaban J connectivity index is 1.12. The van der Waals surface area contributed by atoms with Crippen molar-refractivity contribution in [2.45, 2.75) is 133 Å². The fourth-order valence-electron chi connectivity index (χ4n) is 7.75. The van der Waals surface area contributed by atoms with Gasteiger partial charge in [-0.25, -0.2) is 18.0 Å². The molecule has 300 valence electrons. The van der Waals surface area contributed by atoms with Crippen LogP contribution in [0.2, 0.25) is 0 Å². The molecule has 0 aromatic heterocycles. The van der Waals surface area contributed by atoms with Gasteiger partial charge in [0.15, 0.2) is 11.5 Å². The van der Waals surface area contributed by atoms with Crippen molar-refractivity contribution in [1.29, 1.82) is 0 Å². The van der Waals surface area contributed by atoms with Crippen LogP contribution in [0.1, 0.15) is 96.1 Å². The summed E-state index contributed by atoms with van der Waals surface area (Å²) in [5.41, 5.74) is -0.643. The summed E-state index contributed by atoms with van der Waals surface area (Å²) in [5.74, 6) is -1.31. The Kier molecular flexibility index (Phi) is 10.7. The first kappa shape index (κ1) is 38.7. The van der Waals surface area contributed by atoms with E-state index in [0.29, 0.717) is 50.4 Å². The highest BCUT2D eigenvalue weighted by Crippen LogP contribution is 2.46. The molecule has 0 spiro atoms. The maximum absolute atomic E-state index is 14.4. The van der Waals surface area contributed by atoms with Gasteiger partial charge >= 0.3 is 12.2 Å². The Morgan fingerprint density at radius 2 is 1.78 bits per heavy atom. The van der Waals surface area contributed by atoms with Crippen LogP contribution in [0, 0.1) is 5.92 Å². The average molecular weight is 786 g/mol. The summed E-state index contributed by atoms with van der Waals surface area (Å²) in [6.07, 6.45) is 6.19. The number of fused-ring (bicyclic) bond motifs is 5. The van der Waals surface area contributed by atoms with Crippen molar-refractivity contribution in [3.8, 4) is 11.5 Å². The van der Waals surface area contributed by atoms with Crippen LogP contribution in [0.5, 0.6) is 11.5 Å². The van der Waals surface area contributed by atoms with Crippen LogP contribution in [-0.4, -0.2) is 102 Å². The van der Waals surface area contributed by atoms with Crippen LogP contribution < -0.4 is 24.8 Å². The van der Waals surface area contributed by atoms with Crippen molar-refractivity contribution < 1.29 is 51.3 Å². The molecule has 3 fully saturated rings. The summed E-state index contributed by atoms with van der Waals surface area (Å²) in [4.78, 5) is 71.9. The lowest BCUT2D eigenvalue weighted by Crippen LogP contribution is -2.58. The lowest BCUT2D eigenvalue weighted by molar-refractivity contribution is -0.141. The lowest BCUT2D eigenvalue weighted by atomic mass is 10.0. The van der Waals surface area contributed by atoms with E-state index in [4.69, 9.17) is 18.9 Å². The van der Waals surface area contributed by atoms with E-state index in [-0.39, 0.29) is 38.9 Å². The van der Waals surface area contributed by atoms with Crippen LogP contribution in [0.15, 0.2) is 24.3 Å². The highest BCUT2D eigenvalue weighted by molar-refractivity contribution is 7.91. The van der Waals surface area contributed by atoms with E-state index in [1.807, 2.05) is 24.3 Å². The highest BCUT2D eigenvalue weighted by atomic mass is 32.2. The number of nitrogens with one attached hydrogen (secondary N) is 3. The minimum Gasteiger partial charge on any atom is -0.490 e. The van der Waals surface area contributed by atoms with Gasteiger partial charge in [-0.2, -0.15) is 0 Å². The van der Waals surface area contributed by atoms with E-state index in [0.717, 1.165) is 30.4 Å². The molecule has 1 saturated heterocycles. The van der Waals surface area contributed by atoms with E-state index in [9.17, 15) is 32.4 Å².